The van der Waals surface area contributed by atoms with E-state index in [1.54, 1.807) is 24.3 Å². The predicted molar refractivity (Wildman–Crippen MR) is 109 cm³/mol. The second-order valence-electron chi connectivity index (χ2n) is 6.23. The van der Waals surface area contributed by atoms with Crippen LogP contribution in [0.4, 0.5) is 0 Å². The molecule has 0 spiro atoms. The molecule has 5 heteroatoms. The molecule has 134 valence electrons. The zero-order valence-corrected chi connectivity index (χ0v) is 16.7. The molecule has 0 saturated heterocycles. The van der Waals surface area contributed by atoms with Gasteiger partial charge in [0.15, 0.2) is 0 Å². The van der Waals surface area contributed by atoms with Crippen molar-refractivity contribution >= 4 is 23.5 Å². The van der Waals surface area contributed by atoms with Gasteiger partial charge in [0.2, 0.25) is 0 Å². The van der Waals surface area contributed by atoms with Crippen molar-refractivity contribution in [3.05, 3.63) is 46.9 Å². The number of thioether (sulfide) groups is 1. The van der Waals surface area contributed by atoms with Crippen molar-refractivity contribution in [2.45, 2.75) is 45.8 Å². The van der Waals surface area contributed by atoms with Gasteiger partial charge in [-0.1, -0.05) is 25.5 Å². The van der Waals surface area contributed by atoms with E-state index in [0.29, 0.717) is 11.5 Å². The van der Waals surface area contributed by atoms with Gasteiger partial charge < -0.3 is 9.98 Å². The number of imidazole rings is 1. The van der Waals surface area contributed by atoms with Crippen LogP contribution in [0.25, 0.3) is 5.57 Å². The van der Waals surface area contributed by atoms with Crippen molar-refractivity contribution in [1.29, 1.82) is 10.7 Å². The molecule has 2 unspecified atom stereocenters. The summed E-state index contributed by atoms with van der Waals surface area (Å²) in [4.78, 5) is 5.08. The summed E-state index contributed by atoms with van der Waals surface area (Å²) in [5.74, 6) is 0.494. The van der Waals surface area contributed by atoms with Crippen LogP contribution in [0, 0.1) is 22.7 Å². The van der Waals surface area contributed by atoms with Gasteiger partial charge in [0.25, 0.3) is 0 Å². The fraction of sp³-hybridized carbons (Fsp3) is 0.450. The van der Waals surface area contributed by atoms with Crippen LogP contribution in [-0.2, 0) is 7.05 Å². The SMILES string of the molecule is C=CCC.CC1=C(C=N)C(S/C(C)=C(\C#N)c2cncn2C)C(C)C1. The number of hydrogen-bond donors (Lipinski definition) is 1. The average molecular weight is 357 g/mol. The summed E-state index contributed by atoms with van der Waals surface area (Å²) in [5.41, 5.74) is 3.90. The quantitative estimate of drug-likeness (QED) is 0.438. The van der Waals surface area contributed by atoms with Gasteiger partial charge >= 0.3 is 0 Å². The van der Waals surface area contributed by atoms with E-state index in [1.165, 1.54) is 11.8 Å². The van der Waals surface area contributed by atoms with Crippen LogP contribution in [-0.4, -0.2) is 21.0 Å². The summed E-state index contributed by atoms with van der Waals surface area (Å²) in [6, 6.07) is 2.30. The normalized spacial score (nSPS) is 20.3. The smallest absolute Gasteiger partial charge is 0.102 e. The second kappa shape index (κ2) is 10.0. The Labute approximate surface area is 155 Å². The Morgan fingerprint density at radius 2 is 2.24 bits per heavy atom. The van der Waals surface area contributed by atoms with Crippen LogP contribution in [0.5, 0.6) is 0 Å². The first-order valence-electron chi connectivity index (χ1n) is 8.46. The van der Waals surface area contributed by atoms with Crippen LogP contribution in [0.3, 0.4) is 0 Å². The minimum atomic E-state index is 0.263. The Kier molecular flexibility index (Phi) is 8.44. The molecule has 2 atom stereocenters. The third-order valence-corrected chi connectivity index (χ3v) is 5.76. The lowest BCUT2D eigenvalue weighted by Crippen LogP contribution is -2.12. The number of nitrogens with zero attached hydrogens (tertiary/aromatic N) is 3. The maximum absolute atomic E-state index is 9.49. The van der Waals surface area contributed by atoms with Crippen molar-refractivity contribution in [1.82, 2.24) is 9.55 Å². The third-order valence-electron chi connectivity index (χ3n) is 4.23. The molecule has 1 N–H and O–H groups in total. The fourth-order valence-electron chi connectivity index (χ4n) is 2.81. The van der Waals surface area contributed by atoms with Gasteiger partial charge in [-0.3, -0.25) is 0 Å². The standard InChI is InChI=1S/C16H20N4S.C4H8/c1-10-5-11(2)16(13(10)6-17)21-12(3)14(7-18)15-8-19-9-20(15)4;1-3-4-2/h6,8-9,11,16-17H,5H2,1-4H3;3H,1,4H2,2H3/b14-12+,17-6?;. The van der Waals surface area contributed by atoms with Crippen molar-refractivity contribution in [2.24, 2.45) is 13.0 Å². The van der Waals surface area contributed by atoms with Crippen molar-refractivity contribution < 1.29 is 0 Å². The lowest BCUT2D eigenvalue weighted by molar-refractivity contribution is 0.637. The summed E-state index contributed by atoms with van der Waals surface area (Å²) in [6.45, 7) is 11.8. The number of rotatable bonds is 5. The van der Waals surface area contributed by atoms with E-state index in [2.05, 4.69) is 38.4 Å². The Bertz CT molecular complexity index is 718. The topological polar surface area (TPSA) is 65.5 Å². The molecule has 1 aromatic heterocycles. The van der Waals surface area contributed by atoms with Gasteiger partial charge in [-0.2, -0.15) is 5.26 Å². The maximum atomic E-state index is 9.49. The van der Waals surface area contributed by atoms with Crippen molar-refractivity contribution in [3.63, 3.8) is 0 Å². The Morgan fingerprint density at radius 3 is 2.68 bits per heavy atom. The lowest BCUT2D eigenvalue weighted by atomic mass is 10.1. The molecule has 0 saturated carbocycles. The first kappa shape index (κ1) is 21.0. The van der Waals surface area contributed by atoms with Crippen LogP contribution < -0.4 is 0 Å². The number of allylic oxidation sites excluding steroid dienone is 4. The predicted octanol–water partition coefficient (Wildman–Crippen LogP) is 5.36. The summed E-state index contributed by atoms with van der Waals surface area (Å²) in [5, 5.41) is 17.4. The molecule has 1 aromatic rings. The van der Waals surface area contributed by atoms with Gasteiger partial charge in [-0.15, -0.1) is 18.3 Å². The molecular formula is C20H28N4S. The molecule has 0 radical (unpaired) electrons. The van der Waals surface area contributed by atoms with Gasteiger partial charge in [0, 0.05) is 23.4 Å². The van der Waals surface area contributed by atoms with E-state index < -0.39 is 0 Å². The molecule has 0 aliphatic heterocycles. The van der Waals surface area contributed by atoms with E-state index in [0.717, 1.165) is 29.0 Å². The lowest BCUT2D eigenvalue weighted by Gasteiger charge is -2.18. The van der Waals surface area contributed by atoms with E-state index in [-0.39, 0.29) is 5.25 Å². The maximum Gasteiger partial charge on any atom is 0.102 e. The van der Waals surface area contributed by atoms with E-state index in [9.17, 15) is 5.26 Å². The van der Waals surface area contributed by atoms with E-state index in [1.807, 2.05) is 24.6 Å². The van der Waals surface area contributed by atoms with Crippen LogP contribution in [0.1, 0.15) is 46.2 Å². The van der Waals surface area contributed by atoms with Crippen molar-refractivity contribution in [3.8, 4) is 6.07 Å². The summed E-state index contributed by atoms with van der Waals surface area (Å²) >= 11 is 1.70. The molecule has 1 heterocycles. The first-order valence-corrected chi connectivity index (χ1v) is 9.34. The van der Waals surface area contributed by atoms with Gasteiger partial charge in [0.1, 0.15) is 6.07 Å². The number of nitriles is 1. The number of aryl methyl sites for hydroxylation is 1. The minimum Gasteiger partial charge on any atom is -0.333 e. The number of hydrogen-bond acceptors (Lipinski definition) is 4. The largest absolute Gasteiger partial charge is 0.333 e. The molecular weight excluding hydrogens is 328 g/mol. The molecule has 25 heavy (non-hydrogen) atoms. The van der Waals surface area contributed by atoms with Gasteiger partial charge in [-0.25, -0.2) is 4.98 Å². The van der Waals surface area contributed by atoms with E-state index in [4.69, 9.17) is 5.41 Å². The molecule has 0 amide bonds. The van der Waals surface area contributed by atoms with E-state index >= 15 is 0 Å². The summed E-state index contributed by atoms with van der Waals surface area (Å²) < 4.78 is 1.86. The Morgan fingerprint density at radius 1 is 1.60 bits per heavy atom. The average Bonchev–Trinajstić information content (AvgIpc) is 3.12. The monoisotopic (exact) mass is 356 g/mol. The second-order valence-corrected chi connectivity index (χ2v) is 7.59. The van der Waals surface area contributed by atoms with Crippen LogP contribution in [0.2, 0.25) is 0 Å². The van der Waals surface area contributed by atoms with Crippen molar-refractivity contribution in [2.75, 3.05) is 0 Å². The fourth-order valence-corrected chi connectivity index (χ4v) is 4.18. The highest BCUT2D eigenvalue weighted by atomic mass is 32.2. The molecule has 0 aromatic carbocycles. The molecule has 0 fully saturated rings. The van der Waals surface area contributed by atoms with Gasteiger partial charge in [-0.05, 0) is 38.2 Å². The highest BCUT2D eigenvalue weighted by Crippen LogP contribution is 2.42. The molecule has 2 rings (SSSR count). The van der Waals surface area contributed by atoms with Crippen LogP contribution >= 0.6 is 11.8 Å². The number of aromatic nitrogens is 2. The Hall–Kier alpha value is -2.06. The summed E-state index contributed by atoms with van der Waals surface area (Å²) in [7, 11) is 1.89. The number of nitrogens with one attached hydrogen (secondary N) is 1. The molecule has 1 aliphatic rings. The molecule has 4 nitrogen and oxygen atoms in total. The molecule has 0 bridgehead atoms. The highest BCUT2D eigenvalue weighted by molar-refractivity contribution is 8.04. The Balaban J connectivity index is 0.000000705. The van der Waals surface area contributed by atoms with Gasteiger partial charge in [0.05, 0.1) is 23.8 Å². The molecule has 1 aliphatic carbocycles. The third kappa shape index (κ3) is 5.20. The highest BCUT2D eigenvalue weighted by Gasteiger charge is 2.30. The zero-order chi connectivity index (χ0) is 19.0. The van der Waals surface area contributed by atoms with Crippen LogP contribution in [0.15, 0.2) is 41.2 Å². The summed E-state index contributed by atoms with van der Waals surface area (Å²) in [6.07, 6.45) is 8.89. The first-order chi connectivity index (χ1) is 11.9. The minimum absolute atomic E-state index is 0.263. The zero-order valence-electron chi connectivity index (χ0n) is 15.8.